The minimum Gasteiger partial charge on any atom is -0.461 e. The number of hydrogen-bond donors (Lipinski definition) is 0. The Hall–Kier alpha value is -1.61. The van der Waals surface area contributed by atoms with E-state index in [1.54, 1.807) is 0 Å². The molecule has 1 saturated heterocycles. The lowest BCUT2D eigenvalue weighted by Crippen LogP contribution is -2.36. The van der Waals surface area contributed by atoms with Crippen LogP contribution < -0.4 is 0 Å². The van der Waals surface area contributed by atoms with Gasteiger partial charge < -0.3 is 4.74 Å². The van der Waals surface area contributed by atoms with Gasteiger partial charge >= 0.3 is 5.97 Å². The van der Waals surface area contributed by atoms with Gasteiger partial charge in [0.05, 0.1) is 6.04 Å². The molecule has 3 heteroatoms. The summed E-state index contributed by atoms with van der Waals surface area (Å²) < 4.78 is 5.26. The minimum atomic E-state index is -0.349. The SMILES string of the molecule is C=CC(=O)OCC(c1ccccc1)N1CCCCC1. The highest BCUT2D eigenvalue weighted by molar-refractivity contribution is 5.81. The van der Waals surface area contributed by atoms with Gasteiger partial charge in [-0.25, -0.2) is 4.79 Å². The van der Waals surface area contributed by atoms with E-state index in [1.807, 2.05) is 18.2 Å². The number of carbonyl (C=O) groups is 1. The molecule has 0 amide bonds. The maximum atomic E-state index is 11.3. The van der Waals surface area contributed by atoms with Crippen LogP contribution in [0.4, 0.5) is 0 Å². The van der Waals surface area contributed by atoms with Crippen LogP contribution in [-0.4, -0.2) is 30.6 Å². The third-order valence-electron chi connectivity index (χ3n) is 3.57. The summed E-state index contributed by atoms with van der Waals surface area (Å²) in [5.74, 6) is -0.349. The zero-order valence-corrected chi connectivity index (χ0v) is 11.3. The predicted octanol–water partition coefficient (Wildman–Crippen LogP) is 2.94. The number of esters is 1. The molecule has 0 radical (unpaired) electrons. The van der Waals surface area contributed by atoms with Gasteiger partial charge in [-0.1, -0.05) is 43.3 Å². The van der Waals surface area contributed by atoms with Gasteiger partial charge in [0.1, 0.15) is 6.61 Å². The number of piperidine rings is 1. The molecule has 3 nitrogen and oxygen atoms in total. The number of ether oxygens (including phenoxy) is 1. The Kier molecular flexibility index (Phi) is 5.16. The molecule has 19 heavy (non-hydrogen) atoms. The number of carbonyl (C=O) groups excluding carboxylic acids is 1. The second-order valence-electron chi connectivity index (χ2n) is 4.86. The fourth-order valence-electron chi connectivity index (χ4n) is 2.54. The van der Waals surface area contributed by atoms with Crippen molar-refractivity contribution < 1.29 is 9.53 Å². The maximum Gasteiger partial charge on any atom is 0.330 e. The molecule has 1 atom stereocenters. The average Bonchev–Trinajstić information content (AvgIpc) is 2.49. The fourth-order valence-corrected chi connectivity index (χ4v) is 2.54. The minimum absolute atomic E-state index is 0.158. The van der Waals surface area contributed by atoms with Gasteiger partial charge in [-0.05, 0) is 31.5 Å². The summed E-state index contributed by atoms with van der Waals surface area (Å²) in [7, 11) is 0. The average molecular weight is 259 g/mol. The zero-order valence-electron chi connectivity index (χ0n) is 11.3. The monoisotopic (exact) mass is 259 g/mol. The summed E-state index contributed by atoms with van der Waals surface area (Å²) in [5.41, 5.74) is 1.21. The van der Waals surface area contributed by atoms with Crippen molar-refractivity contribution in [2.24, 2.45) is 0 Å². The van der Waals surface area contributed by atoms with Gasteiger partial charge in [0.15, 0.2) is 0 Å². The van der Waals surface area contributed by atoms with Crippen molar-refractivity contribution in [1.82, 2.24) is 4.90 Å². The maximum absolute atomic E-state index is 11.3. The van der Waals surface area contributed by atoms with Gasteiger partial charge in [0.2, 0.25) is 0 Å². The molecule has 1 fully saturated rings. The van der Waals surface area contributed by atoms with Crippen LogP contribution >= 0.6 is 0 Å². The summed E-state index contributed by atoms with van der Waals surface area (Å²) in [4.78, 5) is 13.7. The van der Waals surface area contributed by atoms with Crippen LogP contribution in [0.5, 0.6) is 0 Å². The Morgan fingerprint density at radius 1 is 1.26 bits per heavy atom. The van der Waals surface area contributed by atoms with Gasteiger partial charge in [-0.3, -0.25) is 4.90 Å². The Bertz CT molecular complexity index is 410. The summed E-state index contributed by atoms with van der Waals surface area (Å²) in [6, 6.07) is 10.4. The van der Waals surface area contributed by atoms with Gasteiger partial charge in [-0.15, -0.1) is 0 Å². The number of benzene rings is 1. The van der Waals surface area contributed by atoms with E-state index in [-0.39, 0.29) is 12.0 Å². The molecular formula is C16H21NO2. The molecular weight excluding hydrogens is 238 g/mol. The van der Waals surface area contributed by atoms with Crippen LogP contribution in [0, 0.1) is 0 Å². The smallest absolute Gasteiger partial charge is 0.330 e. The Morgan fingerprint density at radius 2 is 1.95 bits per heavy atom. The summed E-state index contributed by atoms with van der Waals surface area (Å²) in [5, 5.41) is 0. The van der Waals surface area contributed by atoms with E-state index >= 15 is 0 Å². The molecule has 0 aromatic heterocycles. The molecule has 102 valence electrons. The molecule has 1 aliphatic rings. The van der Waals surface area contributed by atoms with E-state index < -0.39 is 0 Å². The molecule has 0 aliphatic carbocycles. The van der Waals surface area contributed by atoms with Crippen molar-refractivity contribution >= 4 is 5.97 Å². The molecule has 1 unspecified atom stereocenters. The van der Waals surface area contributed by atoms with Crippen molar-refractivity contribution in [2.75, 3.05) is 19.7 Å². The lowest BCUT2D eigenvalue weighted by atomic mass is 10.0. The molecule has 0 bridgehead atoms. The molecule has 1 aromatic carbocycles. The van der Waals surface area contributed by atoms with Gasteiger partial charge in [0, 0.05) is 6.08 Å². The number of rotatable bonds is 5. The van der Waals surface area contributed by atoms with Crippen LogP contribution in [0.2, 0.25) is 0 Å². The standard InChI is InChI=1S/C16H21NO2/c1-2-16(18)19-13-15(14-9-5-3-6-10-14)17-11-7-4-8-12-17/h2-3,5-6,9-10,15H,1,4,7-8,11-13H2. The van der Waals surface area contributed by atoms with Crippen molar-refractivity contribution in [3.63, 3.8) is 0 Å². The van der Waals surface area contributed by atoms with E-state index in [9.17, 15) is 4.79 Å². The first kappa shape index (κ1) is 13.8. The van der Waals surface area contributed by atoms with E-state index in [1.165, 1.54) is 30.9 Å². The molecule has 0 N–H and O–H groups in total. The lowest BCUT2D eigenvalue weighted by Gasteiger charge is -2.34. The van der Waals surface area contributed by atoms with E-state index in [2.05, 4.69) is 23.6 Å². The Morgan fingerprint density at radius 3 is 2.58 bits per heavy atom. The molecule has 2 rings (SSSR count). The van der Waals surface area contributed by atoms with Crippen molar-refractivity contribution in [3.8, 4) is 0 Å². The van der Waals surface area contributed by atoms with Crippen molar-refractivity contribution in [3.05, 3.63) is 48.6 Å². The van der Waals surface area contributed by atoms with E-state index in [0.29, 0.717) is 6.61 Å². The highest BCUT2D eigenvalue weighted by atomic mass is 16.5. The third-order valence-corrected chi connectivity index (χ3v) is 3.57. The number of likely N-dealkylation sites (tertiary alicyclic amines) is 1. The Balaban J connectivity index is 2.08. The second kappa shape index (κ2) is 7.10. The highest BCUT2D eigenvalue weighted by Gasteiger charge is 2.23. The van der Waals surface area contributed by atoms with Crippen molar-refractivity contribution in [2.45, 2.75) is 25.3 Å². The molecule has 0 saturated carbocycles. The van der Waals surface area contributed by atoms with Gasteiger partial charge in [0.25, 0.3) is 0 Å². The molecule has 1 aliphatic heterocycles. The normalized spacial score (nSPS) is 17.7. The quantitative estimate of drug-likeness (QED) is 0.601. The van der Waals surface area contributed by atoms with Crippen LogP contribution in [0.15, 0.2) is 43.0 Å². The summed E-state index contributed by atoms with van der Waals surface area (Å²) in [6.45, 7) is 5.98. The second-order valence-corrected chi connectivity index (χ2v) is 4.86. The van der Waals surface area contributed by atoms with Gasteiger partial charge in [-0.2, -0.15) is 0 Å². The summed E-state index contributed by atoms with van der Waals surface area (Å²) in [6.07, 6.45) is 4.96. The van der Waals surface area contributed by atoms with E-state index in [4.69, 9.17) is 4.74 Å². The van der Waals surface area contributed by atoms with Crippen LogP contribution in [0.1, 0.15) is 30.9 Å². The first-order chi connectivity index (χ1) is 9.31. The molecule has 0 spiro atoms. The Labute approximate surface area is 114 Å². The number of hydrogen-bond acceptors (Lipinski definition) is 3. The largest absolute Gasteiger partial charge is 0.461 e. The van der Waals surface area contributed by atoms with E-state index in [0.717, 1.165) is 13.1 Å². The highest BCUT2D eigenvalue weighted by Crippen LogP contribution is 2.24. The topological polar surface area (TPSA) is 29.5 Å². The van der Waals surface area contributed by atoms with Crippen LogP contribution in [0.3, 0.4) is 0 Å². The third kappa shape index (κ3) is 3.93. The van der Waals surface area contributed by atoms with Crippen molar-refractivity contribution in [1.29, 1.82) is 0 Å². The number of nitrogens with zero attached hydrogens (tertiary/aromatic N) is 1. The van der Waals surface area contributed by atoms with Crippen LogP contribution in [-0.2, 0) is 9.53 Å². The lowest BCUT2D eigenvalue weighted by molar-refractivity contribution is -0.139. The van der Waals surface area contributed by atoms with Crippen LogP contribution in [0.25, 0.3) is 0 Å². The first-order valence-corrected chi connectivity index (χ1v) is 6.89. The molecule has 1 aromatic rings. The first-order valence-electron chi connectivity index (χ1n) is 6.89. The molecule has 1 heterocycles. The summed E-state index contributed by atoms with van der Waals surface area (Å²) >= 11 is 0. The zero-order chi connectivity index (χ0) is 13.5. The predicted molar refractivity (Wildman–Crippen MR) is 75.8 cm³/mol. The fraction of sp³-hybridized carbons (Fsp3) is 0.438.